The number of rotatable bonds is 9. The molecule has 0 spiro atoms. The molecule has 0 saturated carbocycles. The van der Waals surface area contributed by atoms with Gasteiger partial charge in [0.25, 0.3) is 0 Å². The summed E-state index contributed by atoms with van der Waals surface area (Å²) in [5, 5.41) is 39.3. The highest BCUT2D eigenvalue weighted by molar-refractivity contribution is 5.88. The minimum absolute atomic E-state index is 0.324. The number of ether oxygens (including phenoxy) is 2. The van der Waals surface area contributed by atoms with E-state index in [1.54, 1.807) is 0 Å². The SMILES string of the molecule is OC[C@H]1O[C@@H](OCCN2CCN(CCCN3c4ccccc4C=Cc4ccccc43)CC2)[C@H](O)[C@@H](O)[C@@H]1O. The lowest BCUT2D eigenvalue weighted by atomic mass is 9.99. The van der Waals surface area contributed by atoms with Gasteiger partial charge < -0.3 is 39.7 Å². The second kappa shape index (κ2) is 12.7. The summed E-state index contributed by atoms with van der Waals surface area (Å²) in [7, 11) is 0. The van der Waals surface area contributed by atoms with Crippen molar-refractivity contribution in [3.05, 3.63) is 59.7 Å². The van der Waals surface area contributed by atoms with E-state index in [4.69, 9.17) is 9.47 Å². The molecule has 206 valence electrons. The molecule has 0 aliphatic carbocycles. The number of para-hydroxylation sites is 2. The van der Waals surface area contributed by atoms with Crippen molar-refractivity contribution >= 4 is 23.5 Å². The zero-order chi connectivity index (χ0) is 26.5. The Balaban J connectivity index is 1.06. The average Bonchev–Trinajstić information content (AvgIpc) is 3.11. The topological polar surface area (TPSA) is 109 Å². The van der Waals surface area contributed by atoms with Gasteiger partial charge in [-0.2, -0.15) is 0 Å². The first-order chi connectivity index (χ1) is 18.5. The molecule has 5 atom stereocenters. The number of aliphatic hydroxyl groups excluding tert-OH is 4. The maximum absolute atomic E-state index is 10.1. The van der Waals surface area contributed by atoms with Gasteiger partial charge in [0.05, 0.1) is 13.2 Å². The summed E-state index contributed by atoms with van der Waals surface area (Å²) in [5.41, 5.74) is 4.97. The van der Waals surface area contributed by atoms with Gasteiger partial charge in [-0.05, 0) is 36.2 Å². The van der Waals surface area contributed by atoms with Crippen LogP contribution in [0.5, 0.6) is 0 Å². The minimum atomic E-state index is -1.41. The fraction of sp³-hybridized carbons (Fsp3) is 0.517. The summed E-state index contributed by atoms with van der Waals surface area (Å²) in [5.74, 6) is 0. The lowest BCUT2D eigenvalue weighted by molar-refractivity contribution is -0.301. The molecule has 2 saturated heterocycles. The van der Waals surface area contributed by atoms with Gasteiger partial charge >= 0.3 is 0 Å². The highest BCUT2D eigenvalue weighted by atomic mass is 16.7. The Bertz CT molecular complexity index is 1020. The molecule has 3 aliphatic rings. The van der Waals surface area contributed by atoms with Crippen molar-refractivity contribution in [2.24, 2.45) is 0 Å². The van der Waals surface area contributed by atoms with Gasteiger partial charge in [0.1, 0.15) is 24.4 Å². The van der Waals surface area contributed by atoms with E-state index in [0.29, 0.717) is 13.2 Å². The predicted molar refractivity (Wildman–Crippen MR) is 146 cm³/mol. The van der Waals surface area contributed by atoms with Crippen molar-refractivity contribution in [3.8, 4) is 0 Å². The van der Waals surface area contributed by atoms with Gasteiger partial charge in [0.15, 0.2) is 6.29 Å². The molecule has 0 radical (unpaired) electrons. The second-order valence-electron chi connectivity index (χ2n) is 10.2. The number of hydrogen-bond acceptors (Lipinski definition) is 9. The lowest BCUT2D eigenvalue weighted by Gasteiger charge is -2.40. The molecule has 0 aromatic heterocycles. The van der Waals surface area contributed by atoms with Crippen molar-refractivity contribution in [1.29, 1.82) is 0 Å². The Morgan fingerprint density at radius 2 is 1.32 bits per heavy atom. The van der Waals surface area contributed by atoms with Crippen LogP contribution < -0.4 is 4.90 Å². The quantitative estimate of drug-likeness (QED) is 0.383. The Morgan fingerprint density at radius 3 is 1.92 bits per heavy atom. The molecule has 0 amide bonds. The molecular formula is C29H39N3O6. The van der Waals surface area contributed by atoms with Gasteiger partial charge in [-0.15, -0.1) is 0 Å². The normalized spacial score (nSPS) is 28.1. The van der Waals surface area contributed by atoms with Gasteiger partial charge in [-0.1, -0.05) is 48.6 Å². The van der Waals surface area contributed by atoms with Crippen LogP contribution in [0.4, 0.5) is 11.4 Å². The highest BCUT2D eigenvalue weighted by Crippen LogP contribution is 2.36. The Labute approximate surface area is 224 Å². The second-order valence-corrected chi connectivity index (χ2v) is 10.2. The van der Waals surface area contributed by atoms with Crippen molar-refractivity contribution in [2.45, 2.75) is 37.1 Å². The molecule has 38 heavy (non-hydrogen) atoms. The summed E-state index contributed by atoms with van der Waals surface area (Å²) in [6, 6.07) is 17.1. The van der Waals surface area contributed by atoms with Crippen LogP contribution in [0.15, 0.2) is 48.5 Å². The Morgan fingerprint density at radius 1 is 0.737 bits per heavy atom. The van der Waals surface area contributed by atoms with Crippen LogP contribution in [-0.2, 0) is 9.47 Å². The van der Waals surface area contributed by atoms with E-state index in [0.717, 1.165) is 45.7 Å². The Hall–Kier alpha value is -2.34. The highest BCUT2D eigenvalue weighted by Gasteiger charge is 2.44. The van der Waals surface area contributed by atoms with Crippen LogP contribution in [0.2, 0.25) is 0 Å². The van der Waals surface area contributed by atoms with Crippen molar-refractivity contribution in [3.63, 3.8) is 0 Å². The summed E-state index contributed by atoms with van der Waals surface area (Å²) >= 11 is 0. The number of aliphatic hydroxyl groups is 4. The zero-order valence-corrected chi connectivity index (χ0v) is 21.7. The van der Waals surface area contributed by atoms with E-state index in [-0.39, 0.29) is 0 Å². The molecule has 9 heteroatoms. The van der Waals surface area contributed by atoms with Crippen LogP contribution in [-0.4, -0.2) is 120 Å². The summed E-state index contributed by atoms with van der Waals surface area (Å²) in [6.45, 7) is 6.34. The van der Waals surface area contributed by atoms with E-state index >= 15 is 0 Å². The number of fused-ring (bicyclic) bond motifs is 2. The number of hydrogen-bond donors (Lipinski definition) is 4. The summed E-state index contributed by atoms with van der Waals surface area (Å²) < 4.78 is 11.1. The van der Waals surface area contributed by atoms with Crippen LogP contribution in [0.3, 0.4) is 0 Å². The maximum atomic E-state index is 10.1. The monoisotopic (exact) mass is 525 g/mol. The first-order valence-corrected chi connectivity index (χ1v) is 13.6. The standard InChI is InChI=1S/C29H39N3O6/c33-20-25-26(34)27(35)28(36)29(38-25)37-19-18-31-16-14-30(15-17-31)12-5-13-32-23-8-3-1-6-21(23)10-11-22-7-2-4-9-24(22)32/h1-4,6-11,25-29,33-36H,5,12-20H2/t25-,26-,27+,28-,29-/m1/s1. The number of nitrogens with zero attached hydrogens (tertiary/aromatic N) is 3. The zero-order valence-electron chi connectivity index (χ0n) is 21.7. The molecule has 2 fully saturated rings. The molecule has 3 heterocycles. The molecule has 4 N–H and O–H groups in total. The van der Waals surface area contributed by atoms with Crippen LogP contribution in [0.25, 0.3) is 12.2 Å². The fourth-order valence-electron chi connectivity index (χ4n) is 5.49. The maximum Gasteiger partial charge on any atom is 0.186 e. The summed E-state index contributed by atoms with van der Waals surface area (Å²) in [4.78, 5) is 7.26. The number of piperazine rings is 1. The smallest absolute Gasteiger partial charge is 0.186 e. The molecule has 2 aromatic carbocycles. The van der Waals surface area contributed by atoms with Gasteiger partial charge in [0, 0.05) is 50.6 Å². The van der Waals surface area contributed by atoms with Gasteiger partial charge in [0.2, 0.25) is 0 Å². The van der Waals surface area contributed by atoms with Crippen molar-refractivity contribution in [1.82, 2.24) is 9.80 Å². The lowest BCUT2D eigenvalue weighted by Crippen LogP contribution is -2.59. The van der Waals surface area contributed by atoms with E-state index in [1.807, 2.05) is 0 Å². The largest absolute Gasteiger partial charge is 0.394 e. The number of anilines is 2. The predicted octanol–water partition coefficient (Wildman–Crippen LogP) is 1.13. The van der Waals surface area contributed by atoms with Gasteiger partial charge in [-0.3, -0.25) is 4.90 Å². The molecule has 5 rings (SSSR count). The van der Waals surface area contributed by atoms with Crippen molar-refractivity contribution in [2.75, 3.05) is 63.9 Å². The molecule has 2 aromatic rings. The molecule has 0 unspecified atom stereocenters. The van der Waals surface area contributed by atoms with Crippen LogP contribution in [0.1, 0.15) is 17.5 Å². The third kappa shape index (κ3) is 6.11. The first-order valence-electron chi connectivity index (χ1n) is 13.6. The molecule has 3 aliphatic heterocycles. The van der Waals surface area contributed by atoms with E-state index in [9.17, 15) is 20.4 Å². The average molecular weight is 526 g/mol. The third-order valence-corrected chi connectivity index (χ3v) is 7.76. The fourth-order valence-corrected chi connectivity index (χ4v) is 5.49. The van der Waals surface area contributed by atoms with Crippen LogP contribution in [0, 0.1) is 0 Å². The molecule has 9 nitrogen and oxygen atoms in total. The Kier molecular flexibility index (Phi) is 9.08. The van der Waals surface area contributed by atoms with E-state index < -0.39 is 37.3 Å². The third-order valence-electron chi connectivity index (χ3n) is 7.76. The number of benzene rings is 2. The minimum Gasteiger partial charge on any atom is -0.394 e. The van der Waals surface area contributed by atoms with E-state index in [2.05, 4.69) is 75.4 Å². The van der Waals surface area contributed by atoms with Gasteiger partial charge in [-0.25, -0.2) is 0 Å². The first kappa shape index (κ1) is 27.2. The van der Waals surface area contributed by atoms with Crippen molar-refractivity contribution < 1.29 is 29.9 Å². The van der Waals surface area contributed by atoms with E-state index in [1.165, 1.54) is 22.5 Å². The summed E-state index contributed by atoms with van der Waals surface area (Å²) in [6.07, 6.45) is -0.702. The molecule has 0 bridgehead atoms. The van der Waals surface area contributed by atoms with Crippen LogP contribution >= 0.6 is 0 Å². The molecular weight excluding hydrogens is 486 g/mol.